The monoisotopic (exact) mass is 349 g/mol. The highest BCUT2D eigenvalue weighted by Crippen LogP contribution is 2.09. The molecular weight excluding hydrogens is 330 g/mol. The molecule has 0 aliphatic carbocycles. The Bertz CT molecular complexity index is 808. The van der Waals surface area contributed by atoms with Gasteiger partial charge in [-0.05, 0) is 35.4 Å². The normalized spacial score (nSPS) is 10.3. The van der Waals surface area contributed by atoms with Crippen LogP contribution in [0.1, 0.15) is 27.9 Å². The van der Waals surface area contributed by atoms with E-state index in [-0.39, 0.29) is 12.3 Å². The molecule has 0 N–H and O–H groups in total. The second-order valence-corrected chi connectivity index (χ2v) is 5.48. The van der Waals surface area contributed by atoms with Crippen molar-refractivity contribution in [2.75, 3.05) is 13.7 Å². The second-order valence-electron chi connectivity index (χ2n) is 5.48. The highest BCUT2D eigenvalue weighted by molar-refractivity contribution is 5.92. The molecule has 6 heteroatoms. The average Bonchev–Trinajstić information content (AvgIpc) is 2.69. The summed E-state index contributed by atoms with van der Waals surface area (Å²) in [5.74, 6) is -0.600. The number of carbonyl (C=O) groups excluding carboxylic acids is 2. The molecule has 132 valence electrons. The molecule has 0 atom stereocenters. The van der Waals surface area contributed by atoms with E-state index in [1.807, 2.05) is 6.07 Å². The van der Waals surface area contributed by atoms with Gasteiger partial charge in [-0.2, -0.15) is 5.26 Å². The van der Waals surface area contributed by atoms with Gasteiger partial charge in [-0.3, -0.25) is 9.78 Å². The molecule has 0 unspecified atom stereocenters. The van der Waals surface area contributed by atoms with Gasteiger partial charge >= 0.3 is 5.97 Å². The number of nitriles is 1. The summed E-state index contributed by atoms with van der Waals surface area (Å²) in [6.07, 6.45) is 6.76. The molecule has 26 heavy (non-hydrogen) atoms. The Kier molecular flexibility index (Phi) is 7.07. The summed E-state index contributed by atoms with van der Waals surface area (Å²) in [5, 5.41) is 8.81. The first-order valence-electron chi connectivity index (χ1n) is 8.05. The number of amides is 1. The van der Waals surface area contributed by atoms with Crippen molar-refractivity contribution in [2.45, 2.75) is 13.0 Å². The maximum Gasteiger partial charge on any atom is 0.337 e. The number of benzene rings is 1. The number of pyridine rings is 1. The Morgan fingerprint density at radius 3 is 2.65 bits per heavy atom. The molecule has 0 aliphatic rings. The Hall–Kier alpha value is -3.46. The molecule has 0 aliphatic heterocycles. The summed E-state index contributed by atoms with van der Waals surface area (Å²) in [6, 6.07) is 12.5. The average molecular weight is 349 g/mol. The van der Waals surface area contributed by atoms with Crippen molar-refractivity contribution in [1.29, 1.82) is 5.26 Å². The lowest BCUT2D eigenvalue weighted by Gasteiger charge is -2.19. The van der Waals surface area contributed by atoms with E-state index < -0.39 is 5.97 Å². The van der Waals surface area contributed by atoms with Crippen LogP contribution in [0.2, 0.25) is 0 Å². The number of hydrogen-bond donors (Lipinski definition) is 0. The third kappa shape index (κ3) is 5.56. The van der Waals surface area contributed by atoms with E-state index in [9.17, 15) is 9.59 Å². The summed E-state index contributed by atoms with van der Waals surface area (Å²) >= 11 is 0. The maximum absolute atomic E-state index is 12.5. The topological polar surface area (TPSA) is 83.3 Å². The SMILES string of the molecule is COC(=O)c1ccc(/C=C/C(=O)N(CCC#N)Cc2cccnc2)cc1. The van der Waals surface area contributed by atoms with Gasteiger partial charge in [-0.1, -0.05) is 18.2 Å². The fraction of sp³-hybridized carbons (Fsp3) is 0.200. The van der Waals surface area contributed by atoms with Gasteiger partial charge < -0.3 is 9.64 Å². The first kappa shape index (κ1) is 18.9. The van der Waals surface area contributed by atoms with Crippen LogP contribution in [0.15, 0.2) is 54.9 Å². The van der Waals surface area contributed by atoms with Crippen LogP contribution in [0.3, 0.4) is 0 Å². The Labute approximate surface area is 152 Å². The first-order valence-corrected chi connectivity index (χ1v) is 8.05. The summed E-state index contributed by atoms with van der Waals surface area (Å²) in [4.78, 5) is 29.5. The van der Waals surface area contributed by atoms with Gasteiger partial charge in [0.15, 0.2) is 0 Å². The van der Waals surface area contributed by atoms with Crippen molar-refractivity contribution in [1.82, 2.24) is 9.88 Å². The number of hydrogen-bond acceptors (Lipinski definition) is 5. The maximum atomic E-state index is 12.5. The molecule has 1 heterocycles. The van der Waals surface area contributed by atoms with Gasteiger partial charge in [-0.25, -0.2) is 4.79 Å². The minimum Gasteiger partial charge on any atom is -0.465 e. The molecule has 1 aromatic heterocycles. The minimum atomic E-state index is -0.407. The zero-order valence-electron chi connectivity index (χ0n) is 14.5. The second kappa shape index (κ2) is 9.74. The number of methoxy groups -OCH3 is 1. The van der Waals surface area contributed by atoms with Gasteiger partial charge in [0.25, 0.3) is 0 Å². The van der Waals surface area contributed by atoms with E-state index in [1.54, 1.807) is 53.7 Å². The smallest absolute Gasteiger partial charge is 0.337 e. The van der Waals surface area contributed by atoms with Crippen LogP contribution in [0, 0.1) is 11.3 Å². The zero-order valence-corrected chi connectivity index (χ0v) is 14.5. The summed E-state index contributed by atoms with van der Waals surface area (Å²) in [5.41, 5.74) is 2.13. The lowest BCUT2D eigenvalue weighted by molar-refractivity contribution is -0.126. The number of carbonyl (C=O) groups is 2. The van der Waals surface area contributed by atoms with Gasteiger partial charge in [0.1, 0.15) is 0 Å². The highest BCUT2D eigenvalue weighted by atomic mass is 16.5. The predicted molar refractivity (Wildman–Crippen MR) is 96.7 cm³/mol. The van der Waals surface area contributed by atoms with E-state index in [2.05, 4.69) is 15.8 Å². The number of nitrogens with zero attached hydrogens (tertiary/aromatic N) is 3. The quantitative estimate of drug-likeness (QED) is 0.567. The summed E-state index contributed by atoms with van der Waals surface area (Å²) in [6.45, 7) is 0.732. The van der Waals surface area contributed by atoms with Gasteiger partial charge in [0.05, 0.1) is 25.2 Å². The number of aromatic nitrogens is 1. The highest BCUT2D eigenvalue weighted by Gasteiger charge is 2.11. The van der Waals surface area contributed by atoms with Crippen molar-refractivity contribution >= 4 is 18.0 Å². The van der Waals surface area contributed by atoms with Crippen molar-refractivity contribution in [3.63, 3.8) is 0 Å². The molecule has 1 amide bonds. The fourth-order valence-corrected chi connectivity index (χ4v) is 2.29. The molecule has 2 aromatic rings. The van der Waals surface area contributed by atoms with Gasteiger partial charge in [0, 0.05) is 31.6 Å². The molecule has 1 aromatic carbocycles. The molecule has 0 fully saturated rings. The number of rotatable bonds is 7. The van der Waals surface area contributed by atoms with Crippen LogP contribution in [0.4, 0.5) is 0 Å². The molecule has 0 bridgehead atoms. The summed E-state index contributed by atoms with van der Waals surface area (Å²) < 4.78 is 4.65. The Morgan fingerprint density at radius 2 is 2.04 bits per heavy atom. The van der Waals surface area contributed by atoms with E-state index in [0.29, 0.717) is 18.7 Å². The van der Waals surface area contributed by atoms with Gasteiger partial charge in [-0.15, -0.1) is 0 Å². The van der Waals surface area contributed by atoms with Crippen LogP contribution in [-0.4, -0.2) is 35.4 Å². The fourth-order valence-electron chi connectivity index (χ4n) is 2.29. The Morgan fingerprint density at radius 1 is 1.27 bits per heavy atom. The number of esters is 1. The van der Waals surface area contributed by atoms with Gasteiger partial charge in [0.2, 0.25) is 5.91 Å². The van der Waals surface area contributed by atoms with Crippen LogP contribution < -0.4 is 0 Å². The van der Waals surface area contributed by atoms with E-state index in [1.165, 1.54) is 13.2 Å². The summed E-state index contributed by atoms with van der Waals surface area (Å²) in [7, 11) is 1.33. The molecule has 6 nitrogen and oxygen atoms in total. The minimum absolute atomic E-state index is 0.193. The standard InChI is InChI=1S/C20H19N3O3/c1-26-20(25)18-8-5-16(6-9-18)7-10-19(24)23(13-3-11-21)15-17-4-2-12-22-14-17/h2,4-10,12,14H,3,13,15H2,1H3/b10-7+. The largest absolute Gasteiger partial charge is 0.465 e. The van der Waals surface area contributed by atoms with Crippen molar-refractivity contribution in [3.05, 3.63) is 71.6 Å². The Balaban J connectivity index is 2.06. The number of ether oxygens (including phenoxy) is 1. The third-order valence-electron chi connectivity index (χ3n) is 3.65. The molecule has 0 radical (unpaired) electrons. The van der Waals surface area contributed by atoms with E-state index in [0.717, 1.165) is 11.1 Å². The lowest BCUT2D eigenvalue weighted by atomic mass is 10.1. The molecule has 0 spiro atoms. The first-order chi connectivity index (χ1) is 12.6. The van der Waals surface area contributed by atoms with E-state index in [4.69, 9.17) is 5.26 Å². The van der Waals surface area contributed by atoms with Crippen LogP contribution >= 0.6 is 0 Å². The predicted octanol–water partition coefficient (Wildman–Crippen LogP) is 2.82. The van der Waals surface area contributed by atoms with Crippen LogP contribution in [0.5, 0.6) is 0 Å². The lowest BCUT2D eigenvalue weighted by Crippen LogP contribution is -2.29. The zero-order chi connectivity index (χ0) is 18.8. The van der Waals surface area contributed by atoms with E-state index >= 15 is 0 Å². The van der Waals surface area contributed by atoms with Crippen LogP contribution in [-0.2, 0) is 16.1 Å². The molecule has 2 rings (SSSR count). The molecule has 0 saturated heterocycles. The van der Waals surface area contributed by atoms with Crippen LogP contribution in [0.25, 0.3) is 6.08 Å². The van der Waals surface area contributed by atoms with Crippen molar-refractivity contribution in [2.24, 2.45) is 0 Å². The third-order valence-corrected chi connectivity index (χ3v) is 3.65. The van der Waals surface area contributed by atoms with Crippen molar-refractivity contribution < 1.29 is 14.3 Å². The molecular formula is C20H19N3O3. The van der Waals surface area contributed by atoms with Crippen molar-refractivity contribution in [3.8, 4) is 6.07 Å². The molecule has 0 saturated carbocycles.